The smallest absolute Gasteiger partial charge is 0.408 e. The first-order chi connectivity index (χ1) is 12.7. The van der Waals surface area contributed by atoms with Crippen molar-refractivity contribution in [1.82, 2.24) is 10.6 Å². The second-order valence-electron chi connectivity index (χ2n) is 5.66. The molecule has 2 aromatic rings. The molecular weight excluding hydrogens is 330 g/mol. The second-order valence-corrected chi connectivity index (χ2v) is 5.66. The number of nitrogens with one attached hydrogen (secondary N) is 2. The highest BCUT2D eigenvalue weighted by atomic mass is 16.5. The van der Waals surface area contributed by atoms with Crippen LogP contribution in [-0.2, 0) is 22.6 Å². The first-order valence-corrected chi connectivity index (χ1v) is 8.35. The Morgan fingerprint density at radius 3 is 2.23 bits per heavy atom. The average Bonchev–Trinajstić information content (AvgIpc) is 2.69. The molecule has 0 spiro atoms. The number of nitrogens with zero attached hydrogens (tertiary/aromatic N) is 1. The van der Waals surface area contributed by atoms with Gasteiger partial charge in [0.05, 0.1) is 6.07 Å². The van der Waals surface area contributed by atoms with E-state index in [-0.39, 0.29) is 13.2 Å². The number of rotatable bonds is 8. The molecule has 1 atom stereocenters. The molecule has 0 radical (unpaired) electrons. The molecule has 2 aromatic carbocycles. The third-order valence-electron chi connectivity index (χ3n) is 3.73. The Morgan fingerprint density at radius 1 is 1.00 bits per heavy atom. The van der Waals surface area contributed by atoms with Crippen LogP contribution in [0.1, 0.15) is 17.5 Å². The Bertz CT molecular complexity index is 742. The number of carbonyl (C=O) groups is 2. The lowest BCUT2D eigenvalue weighted by molar-refractivity contribution is -0.123. The summed E-state index contributed by atoms with van der Waals surface area (Å²) in [6.45, 7) is 0.0132. The standard InChI is InChI=1S/C20H21N3O3/c21-13-14-22-19(24)18(12-11-16-7-3-1-4-8-16)23-20(25)26-15-17-9-5-2-6-10-17/h1-10,18H,11-12,14-15H2,(H,22,24)(H,23,25)/t18-/m0/s1. The lowest BCUT2D eigenvalue weighted by atomic mass is 10.0. The number of benzene rings is 2. The predicted octanol–water partition coefficient (Wildman–Crippen LogP) is 2.55. The van der Waals surface area contributed by atoms with Crippen molar-refractivity contribution >= 4 is 12.0 Å². The van der Waals surface area contributed by atoms with Gasteiger partial charge in [-0.1, -0.05) is 60.7 Å². The van der Waals surface area contributed by atoms with Crippen molar-refractivity contribution in [3.63, 3.8) is 0 Å². The van der Waals surface area contributed by atoms with Crippen LogP contribution in [0.25, 0.3) is 0 Å². The summed E-state index contributed by atoms with van der Waals surface area (Å²) in [6.07, 6.45) is 0.352. The average molecular weight is 351 g/mol. The number of nitriles is 1. The summed E-state index contributed by atoms with van der Waals surface area (Å²) >= 11 is 0. The summed E-state index contributed by atoms with van der Waals surface area (Å²) in [5, 5.41) is 13.7. The van der Waals surface area contributed by atoms with E-state index in [0.717, 1.165) is 11.1 Å². The van der Waals surface area contributed by atoms with Gasteiger partial charge in [-0.15, -0.1) is 0 Å². The summed E-state index contributed by atoms with van der Waals surface area (Å²) in [6, 6.07) is 20.0. The minimum absolute atomic E-state index is 0.110. The van der Waals surface area contributed by atoms with Gasteiger partial charge in [0.2, 0.25) is 5.91 Å². The fourth-order valence-electron chi connectivity index (χ4n) is 2.38. The van der Waals surface area contributed by atoms with Crippen LogP contribution < -0.4 is 10.6 Å². The van der Waals surface area contributed by atoms with Crippen molar-refractivity contribution in [2.75, 3.05) is 6.54 Å². The lowest BCUT2D eigenvalue weighted by Gasteiger charge is -2.17. The summed E-state index contributed by atoms with van der Waals surface area (Å²) in [7, 11) is 0. The summed E-state index contributed by atoms with van der Waals surface area (Å²) in [5.74, 6) is -0.404. The van der Waals surface area contributed by atoms with E-state index in [1.165, 1.54) is 0 Å². The van der Waals surface area contributed by atoms with E-state index in [4.69, 9.17) is 10.00 Å². The summed E-state index contributed by atoms with van der Waals surface area (Å²) in [5.41, 5.74) is 1.92. The molecule has 0 heterocycles. The molecule has 134 valence electrons. The third-order valence-corrected chi connectivity index (χ3v) is 3.73. The molecular formula is C20H21N3O3. The number of hydrogen-bond acceptors (Lipinski definition) is 4. The quantitative estimate of drug-likeness (QED) is 0.715. The fourth-order valence-corrected chi connectivity index (χ4v) is 2.38. The third kappa shape index (κ3) is 6.65. The molecule has 2 rings (SSSR count). The Balaban J connectivity index is 1.90. The number of alkyl carbamates (subject to hydrolysis) is 1. The van der Waals surface area contributed by atoms with Crippen molar-refractivity contribution in [2.24, 2.45) is 0 Å². The largest absolute Gasteiger partial charge is 0.445 e. The van der Waals surface area contributed by atoms with Crippen LogP contribution >= 0.6 is 0 Å². The van der Waals surface area contributed by atoms with Crippen LogP contribution in [0.15, 0.2) is 60.7 Å². The van der Waals surface area contributed by atoms with Crippen molar-refractivity contribution in [3.05, 3.63) is 71.8 Å². The van der Waals surface area contributed by atoms with Gasteiger partial charge < -0.3 is 15.4 Å². The molecule has 2 amide bonds. The molecule has 0 bridgehead atoms. The molecule has 0 saturated carbocycles. The molecule has 0 saturated heterocycles. The monoisotopic (exact) mass is 351 g/mol. The van der Waals surface area contributed by atoms with E-state index in [9.17, 15) is 9.59 Å². The highest BCUT2D eigenvalue weighted by molar-refractivity contribution is 5.85. The summed E-state index contributed by atoms with van der Waals surface area (Å²) < 4.78 is 5.17. The van der Waals surface area contributed by atoms with Gasteiger partial charge in [-0.25, -0.2) is 4.79 Å². The minimum atomic E-state index is -0.771. The van der Waals surface area contributed by atoms with Crippen molar-refractivity contribution in [3.8, 4) is 6.07 Å². The normalized spacial score (nSPS) is 11.0. The molecule has 2 N–H and O–H groups in total. The van der Waals surface area contributed by atoms with Crippen molar-refractivity contribution in [2.45, 2.75) is 25.5 Å². The molecule has 0 aliphatic heterocycles. The Kier molecular flexibility index (Phi) is 7.69. The van der Waals surface area contributed by atoms with Gasteiger partial charge in [-0.3, -0.25) is 4.79 Å². The van der Waals surface area contributed by atoms with Crippen LogP contribution in [0.4, 0.5) is 4.79 Å². The SMILES string of the molecule is N#CCNC(=O)[C@H](CCc1ccccc1)NC(=O)OCc1ccccc1. The number of ether oxygens (including phenoxy) is 1. The number of amides is 2. The van der Waals surface area contributed by atoms with E-state index in [2.05, 4.69) is 10.6 Å². The fraction of sp³-hybridized carbons (Fsp3) is 0.250. The van der Waals surface area contributed by atoms with Gasteiger partial charge >= 0.3 is 6.09 Å². The van der Waals surface area contributed by atoms with Crippen molar-refractivity contribution in [1.29, 1.82) is 5.26 Å². The van der Waals surface area contributed by atoms with Gasteiger partial charge in [-0.05, 0) is 24.0 Å². The zero-order chi connectivity index (χ0) is 18.6. The van der Waals surface area contributed by atoms with Crippen LogP contribution in [0.3, 0.4) is 0 Å². The molecule has 0 fully saturated rings. The second kappa shape index (κ2) is 10.5. The summed E-state index contributed by atoms with van der Waals surface area (Å²) in [4.78, 5) is 24.2. The molecule has 6 nitrogen and oxygen atoms in total. The first kappa shape index (κ1) is 19.0. The molecule has 0 unspecified atom stereocenters. The van der Waals surface area contributed by atoms with E-state index in [1.54, 1.807) is 0 Å². The van der Waals surface area contributed by atoms with Crippen LogP contribution in [0.2, 0.25) is 0 Å². The Morgan fingerprint density at radius 2 is 1.62 bits per heavy atom. The Hall–Kier alpha value is -3.33. The van der Waals surface area contributed by atoms with Crippen LogP contribution in [0.5, 0.6) is 0 Å². The topological polar surface area (TPSA) is 91.2 Å². The van der Waals surface area contributed by atoms with E-state index in [0.29, 0.717) is 12.8 Å². The number of carbonyl (C=O) groups excluding carboxylic acids is 2. The van der Waals surface area contributed by atoms with E-state index in [1.807, 2.05) is 66.7 Å². The predicted molar refractivity (Wildman–Crippen MR) is 96.9 cm³/mol. The zero-order valence-electron chi connectivity index (χ0n) is 14.4. The van der Waals surface area contributed by atoms with E-state index >= 15 is 0 Å². The van der Waals surface area contributed by atoms with Gasteiger partial charge in [0.25, 0.3) is 0 Å². The van der Waals surface area contributed by atoms with E-state index < -0.39 is 18.0 Å². The maximum absolute atomic E-state index is 12.2. The van der Waals surface area contributed by atoms with Crippen LogP contribution in [0, 0.1) is 11.3 Å². The number of aryl methyl sites for hydroxylation is 1. The first-order valence-electron chi connectivity index (χ1n) is 8.35. The van der Waals surface area contributed by atoms with Crippen molar-refractivity contribution < 1.29 is 14.3 Å². The van der Waals surface area contributed by atoms with Gasteiger partial charge in [0, 0.05) is 0 Å². The number of hydrogen-bond donors (Lipinski definition) is 2. The van der Waals surface area contributed by atoms with Gasteiger partial charge in [-0.2, -0.15) is 5.26 Å². The molecule has 26 heavy (non-hydrogen) atoms. The zero-order valence-corrected chi connectivity index (χ0v) is 14.4. The highest BCUT2D eigenvalue weighted by Crippen LogP contribution is 2.06. The molecule has 0 aliphatic carbocycles. The lowest BCUT2D eigenvalue weighted by Crippen LogP contribution is -2.47. The Labute approximate surface area is 152 Å². The van der Waals surface area contributed by atoms with Gasteiger partial charge in [0.15, 0.2) is 0 Å². The highest BCUT2D eigenvalue weighted by Gasteiger charge is 2.21. The molecule has 6 heteroatoms. The molecule has 0 aliphatic rings. The van der Waals surface area contributed by atoms with Crippen LogP contribution in [-0.4, -0.2) is 24.6 Å². The molecule has 0 aromatic heterocycles. The van der Waals surface area contributed by atoms with Gasteiger partial charge in [0.1, 0.15) is 19.2 Å². The minimum Gasteiger partial charge on any atom is -0.445 e. The maximum Gasteiger partial charge on any atom is 0.408 e. The maximum atomic E-state index is 12.2.